The van der Waals surface area contributed by atoms with E-state index in [-0.39, 0.29) is 18.4 Å². The first-order chi connectivity index (χ1) is 6.50. The first-order valence-electron chi connectivity index (χ1n) is 5.05. The molecule has 1 aromatic carbocycles. The van der Waals surface area contributed by atoms with Crippen LogP contribution in [-0.4, -0.2) is 5.11 Å². The Morgan fingerprint density at radius 3 is 2.47 bits per heavy atom. The number of phenolic OH excluding ortho intramolecular Hbond substituents is 1. The van der Waals surface area contributed by atoms with Crippen molar-refractivity contribution in [3.63, 3.8) is 0 Å². The molecule has 3 heteroatoms. The summed E-state index contributed by atoms with van der Waals surface area (Å²) in [5.41, 5.74) is 8.00. The Morgan fingerprint density at radius 2 is 1.93 bits per heavy atom. The Kier molecular flexibility index (Phi) is 5.69. The first kappa shape index (κ1) is 14.3. The van der Waals surface area contributed by atoms with Crippen LogP contribution in [0.3, 0.4) is 0 Å². The molecular formula is C12H20ClNO. The molecule has 1 atom stereocenters. The molecule has 0 saturated heterocycles. The predicted octanol–water partition coefficient (Wildman–Crippen LogP) is 3.17. The minimum Gasteiger partial charge on any atom is -0.508 e. The number of nitrogens with two attached hydrogens (primary N) is 1. The Morgan fingerprint density at radius 1 is 1.33 bits per heavy atom. The molecule has 0 bridgehead atoms. The van der Waals surface area contributed by atoms with Crippen LogP contribution in [0.4, 0.5) is 0 Å². The van der Waals surface area contributed by atoms with Crippen LogP contribution in [-0.2, 0) is 0 Å². The molecule has 0 aliphatic rings. The summed E-state index contributed by atoms with van der Waals surface area (Å²) >= 11 is 0. The van der Waals surface area contributed by atoms with Crippen LogP contribution in [0, 0.1) is 12.8 Å². The topological polar surface area (TPSA) is 46.2 Å². The van der Waals surface area contributed by atoms with Gasteiger partial charge in [-0.1, -0.05) is 31.5 Å². The van der Waals surface area contributed by atoms with E-state index in [4.69, 9.17) is 5.73 Å². The average molecular weight is 230 g/mol. The minimum absolute atomic E-state index is 0. The van der Waals surface area contributed by atoms with Crippen molar-refractivity contribution in [2.24, 2.45) is 11.7 Å². The largest absolute Gasteiger partial charge is 0.508 e. The van der Waals surface area contributed by atoms with Crippen molar-refractivity contribution in [2.45, 2.75) is 33.2 Å². The van der Waals surface area contributed by atoms with Crippen LogP contribution in [0.5, 0.6) is 5.75 Å². The van der Waals surface area contributed by atoms with Gasteiger partial charge in [0.05, 0.1) is 0 Å². The number of halogens is 1. The summed E-state index contributed by atoms with van der Waals surface area (Å²) in [4.78, 5) is 0. The Hall–Kier alpha value is -0.730. The van der Waals surface area contributed by atoms with E-state index >= 15 is 0 Å². The standard InChI is InChI=1S/C12H19NO.ClH/c1-8(2)6-11(13)10-7-9(3)4-5-12(10)14;/h4-5,7-8,11,14H,6,13H2,1-3H3;1H/t11-;/m1./s1. The molecule has 0 unspecified atom stereocenters. The van der Waals surface area contributed by atoms with Crippen LogP contribution in [0.15, 0.2) is 18.2 Å². The molecule has 15 heavy (non-hydrogen) atoms. The van der Waals surface area contributed by atoms with Crippen molar-refractivity contribution in [2.75, 3.05) is 0 Å². The van der Waals surface area contributed by atoms with E-state index in [0.29, 0.717) is 11.7 Å². The zero-order valence-corrected chi connectivity index (χ0v) is 10.3. The number of hydrogen-bond acceptors (Lipinski definition) is 2. The first-order valence-corrected chi connectivity index (χ1v) is 5.05. The van der Waals surface area contributed by atoms with Gasteiger partial charge in [0.25, 0.3) is 0 Å². The van der Waals surface area contributed by atoms with Crippen LogP contribution >= 0.6 is 12.4 Å². The van der Waals surface area contributed by atoms with Gasteiger partial charge >= 0.3 is 0 Å². The van der Waals surface area contributed by atoms with Crippen molar-refractivity contribution in [1.29, 1.82) is 0 Å². The maximum absolute atomic E-state index is 9.64. The summed E-state index contributed by atoms with van der Waals surface area (Å²) < 4.78 is 0. The van der Waals surface area contributed by atoms with Gasteiger partial charge in [0.15, 0.2) is 0 Å². The third-order valence-corrected chi connectivity index (χ3v) is 2.31. The summed E-state index contributed by atoms with van der Waals surface area (Å²) in [7, 11) is 0. The summed E-state index contributed by atoms with van der Waals surface area (Å²) in [6.45, 7) is 6.27. The van der Waals surface area contributed by atoms with Crippen LogP contribution in [0.25, 0.3) is 0 Å². The number of hydrogen-bond donors (Lipinski definition) is 2. The second-order valence-corrected chi connectivity index (χ2v) is 4.30. The molecule has 2 nitrogen and oxygen atoms in total. The Balaban J connectivity index is 0.00000196. The third-order valence-electron chi connectivity index (χ3n) is 2.31. The normalized spacial score (nSPS) is 12.3. The molecule has 0 spiro atoms. The number of phenols is 1. The lowest BCUT2D eigenvalue weighted by molar-refractivity contribution is 0.445. The molecule has 3 N–H and O–H groups in total. The van der Waals surface area contributed by atoms with Gasteiger partial charge in [-0.15, -0.1) is 12.4 Å². The lowest BCUT2D eigenvalue weighted by Crippen LogP contribution is -2.13. The molecule has 0 radical (unpaired) electrons. The van der Waals surface area contributed by atoms with E-state index in [2.05, 4.69) is 13.8 Å². The molecule has 1 rings (SSSR count). The molecule has 0 aliphatic carbocycles. The summed E-state index contributed by atoms with van der Waals surface area (Å²) in [5.74, 6) is 0.855. The van der Waals surface area contributed by atoms with Crippen LogP contribution < -0.4 is 5.73 Å². The van der Waals surface area contributed by atoms with Gasteiger partial charge in [0.2, 0.25) is 0 Å². The van der Waals surface area contributed by atoms with E-state index in [1.54, 1.807) is 6.07 Å². The van der Waals surface area contributed by atoms with Gasteiger partial charge in [0.1, 0.15) is 5.75 Å². The number of benzene rings is 1. The number of rotatable bonds is 3. The second kappa shape index (κ2) is 5.99. The SMILES string of the molecule is Cc1ccc(O)c([C@H](N)CC(C)C)c1.Cl. The van der Waals surface area contributed by atoms with E-state index < -0.39 is 0 Å². The fourth-order valence-corrected chi connectivity index (χ4v) is 1.61. The highest BCUT2D eigenvalue weighted by molar-refractivity contribution is 5.85. The summed E-state index contributed by atoms with van der Waals surface area (Å²) in [5, 5.41) is 9.64. The van der Waals surface area contributed by atoms with Crippen LogP contribution in [0.2, 0.25) is 0 Å². The van der Waals surface area contributed by atoms with Gasteiger partial charge in [-0.25, -0.2) is 0 Å². The highest BCUT2D eigenvalue weighted by Crippen LogP contribution is 2.27. The fraction of sp³-hybridized carbons (Fsp3) is 0.500. The van der Waals surface area contributed by atoms with Crippen molar-refractivity contribution >= 4 is 12.4 Å². The van der Waals surface area contributed by atoms with Gasteiger partial charge in [-0.05, 0) is 25.3 Å². The monoisotopic (exact) mass is 229 g/mol. The van der Waals surface area contributed by atoms with Crippen molar-refractivity contribution in [3.8, 4) is 5.75 Å². The van der Waals surface area contributed by atoms with Crippen molar-refractivity contribution < 1.29 is 5.11 Å². The molecule has 0 amide bonds. The Bertz CT molecular complexity index is 312. The van der Waals surface area contributed by atoms with Crippen LogP contribution in [0.1, 0.15) is 37.4 Å². The average Bonchev–Trinajstić information content (AvgIpc) is 2.08. The zero-order chi connectivity index (χ0) is 10.7. The predicted molar refractivity (Wildman–Crippen MR) is 66.5 cm³/mol. The van der Waals surface area contributed by atoms with Gasteiger partial charge < -0.3 is 10.8 Å². The van der Waals surface area contributed by atoms with E-state index in [0.717, 1.165) is 17.5 Å². The van der Waals surface area contributed by atoms with E-state index in [1.165, 1.54) is 0 Å². The lowest BCUT2D eigenvalue weighted by atomic mass is 9.96. The molecule has 0 aliphatic heterocycles. The van der Waals surface area contributed by atoms with E-state index in [9.17, 15) is 5.11 Å². The second-order valence-electron chi connectivity index (χ2n) is 4.30. The maximum atomic E-state index is 9.64. The molecule has 86 valence electrons. The highest BCUT2D eigenvalue weighted by Gasteiger charge is 2.12. The number of aromatic hydroxyl groups is 1. The van der Waals surface area contributed by atoms with Crippen molar-refractivity contribution in [3.05, 3.63) is 29.3 Å². The maximum Gasteiger partial charge on any atom is 0.120 e. The van der Waals surface area contributed by atoms with E-state index in [1.807, 2.05) is 19.1 Å². The van der Waals surface area contributed by atoms with Crippen molar-refractivity contribution in [1.82, 2.24) is 0 Å². The summed E-state index contributed by atoms with van der Waals surface area (Å²) in [6.07, 6.45) is 0.900. The molecule has 1 aromatic rings. The summed E-state index contributed by atoms with van der Waals surface area (Å²) in [6, 6.07) is 5.50. The quantitative estimate of drug-likeness (QED) is 0.837. The fourth-order valence-electron chi connectivity index (χ4n) is 1.61. The molecule has 0 saturated carbocycles. The minimum atomic E-state index is -0.0603. The smallest absolute Gasteiger partial charge is 0.120 e. The van der Waals surface area contributed by atoms with Gasteiger partial charge in [-0.2, -0.15) is 0 Å². The highest BCUT2D eigenvalue weighted by atomic mass is 35.5. The lowest BCUT2D eigenvalue weighted by Gasteiger charge is -2.16. The number of aryl methyl sites for hydroxylation is 1. The Labute approximate surface area is 97.9 Å². The third kappa shape index (κ3) is 4.10. The van der Waals surface area contributed by atoms with Gasteiger partial charge in [0, 0.05) is 11.6 Å². The molecule has 0 fully saturated rings. The van der Waals surface area contributed by atoms with Gasteiger partial charge in [-0.3, -0.25) is 0 Å². The molecular weight excluding hydrogens is 210 g/mol. The molecule has 0 heterocycles. The zero-order valence-electron chi connectivity index (χ0n) is 9.53. The molecule has 0 aromatic heterocycles.